The van der Waals surface area contributed by atoms with Crippen molar-refractivity contribution < 1.29 is 9.22 Å². The van der Waals surface area contributed by atoms with Gasteiger partial charge in [0.2, 0.25) is 0 Å². The highest BCUT2D eigenvalue weighted by molar-refractivity contribution is 6.99. The molecular formula is C38H52O2Si. The molecular weight excluding hydrogens is 517 g/mol. The monoisotopic (exact) mass is 568 g/mol. The minimum atomic E-state index is -2.55. The van der Waals surface area contributed by atoms with E-state index in [4.69, 9.17) is 4.43 Å². The summed E-state index contributed by atoms with van der Waals surface area (Å²) in [6, 6.07) is 22.4. The van der Waals surface area contributed by atoms with Crippen LogP contribution in [0.15, 0.2) is 72.3 Å². The SMILES string of the molecule is C[C@H](C=O)[C@H]1CC[C@H]2C3=CC[C@H]4C[C@@H](O[Si](c5ccccc5)(c5ccccc5)C(C)(C)C)CC[C@]4(C)[C@H]3CC[C@]12C. The molecule has 2 nitrogen and oxygen atoms in total. The van der Waals surface area contributed by atoms with Crippen LogP contribution in [0.3, 0.4) is 0 Å². The Hall–Kier alpha value is -1.97. The Labute approximate surface area is 250 Å². The van der Waals surface area contributed by atoms with Gasteiger partial charge in [0.25, 0.3) is 8.32 Å². The van der Waals surface area contributed by atoms with E-state index in [9.17, 15) is 4.79 Å². The number of allylic oxidation sites excluding steroid dienone is 2. The molecule has 220 valence electrons. The second-order valence-electron chi connectivity index (χ2n) is 15.6. The average Bonchev–Trinajstić information content (AvgIpc) is 3.33. The summed E-state index contributed by atoms with van der Waals surface area (Å²) < 4.78 is 7.67. The van der Waals surface area contributed by atoms with E-state index in [1.165, 1.54) is 61.6 Å². The minimum absolute atomic E-state index is 0.0155. The number of fused-ring (bicyclic) bond motifs is 5. The Morgan fingerprint density at radius 3 is 2.02 bits per heavy atom. The summed E-state index contributed by atoms with van der Waals surface area (Å²) in [6.07, 6.45) is 14.1. The van der Waals surface area contributed by atoms with Crippen molar-refractivity contribution in [2.24, 2.45) is 40.4 Å². The topological polar surface area (TPSA) is 26.3 Å². The molecule has 0 radical (unpaired) electrons. The van der Waals surface area contributed by atoms with Gasteiger partial charge in [0, 0.05) is 12.0 Å². The van der Waals surface area contributed by atoms with Crippen molar-refractivity contribution in [3.05, 3.63) is 72.3 Å². The Morgan fingerprint density at radius 1 is 0.854 bits per heavy atom. The maximum Gasteiger partial charge on any atom is 0.261 e. The molecule has 3 heteroatoms. The zero-order chi connectivity index (χ0) is 29.0. The van der Waals surface area contributed by atoms with E-state index >= 15 is 0 Å². The standard InChI is InChI=1S/C38H52O2Si/c1-27(26-39)33-19-20-34-32-18-17-28-25-29(21-23-37(28,5)35(32)22-24-38(33,34)6)40-41(36(2,3)4,30-13-9-7-10-14-30)31-15-11-8-12-16-31/h7-16,18,26-29,33-35H,17,19-25H2,1-6H3/t27-,28+,29+,33-,34+,35+,37+,38-/m1/s1. The van der Waals surface area contributed by atoms with Crippen LogP contribution in [0, 0.1) is 40.4 Å². The molecule has 41 heavy (non-hydrogen) atoms. The first-order valence-electron chi connectivity index (χ1n) is 16.5. The van der Waals surface area contributed by atoms with Crippen LogP contribution in [0.25, 0.3) is 0 Å². The predicted octanol–water partition coefficient (Wildman–Crippen LogP) is 8.35. The normalized spacial score (nSPS) is 36.0. The van der Waals surface area contributed by atoms with Crippen LogP contribution in [-0.2, 0) is 9.22 Å². The molecule has 0 aromatic heterocycles. The molecule has 0 amide bonds. The molecule has 2 aromatic carbocycles. The van der Waals surface area contributed by atoms with E-state index in [1.54, 1.807) is 5.57 Å². The van der Waals surface area contributed by atoms with Crippen LogP contribution in [-0.4, -0.2) is 20.7 Å². The highest BCUT2D eigenvalue weighted by Crippen LogP contribution is 2.66. The Morgan fingerprint density at radius 2 is 1.44 bits per heavy atom. The smallest absolute Gasteiger partial charge is 0.261 e. The lowest BCUT2D eigenvalue weighted by atomic mass is 9.47. The zero-order valence-electron chi connectivity index (χ0n) is 26.4. The first-order chi connectivity index (χ1) is 19.5. The van der Waals surface area contributed by atoms with E-state index in [0.29, 0.717) is 40.6 Å². The molecule has 4 aliphatic rings. The summed E-state index contributed by atoms with van der Waals surface area (Å²) in [5.74, 6) is 2.80. The van der Waals surface area contributed by atoms with Gasteiger partial charge in [-0.15, -0.1) is 0 Å². The quantitative estimate of drug-likeness (QED) is 0.199. The molecule has 0 bridgehead atoms. The van der Waals surface area contributed by atoms with Crippen molar-refractivity contribution in [3.63, 3.8) is 0 Å². The van der Waals surface area contributed by atoms with E-state index in [2.05, 4.69) is 108 Å². The summed E-state index contributed by atoms with van der Waals surface area (Å²) in [4.78, 5) is 11.8. The lowest BCUT2D eigenvalue weighted by molar-refractivity contribution is -0.114. The van der Waals surface area contributed by atoms with Crippen LogP contribution in [0.4, 0.5) is 0 Å². The van der Waals surface area contributed by atoms with Gasteiger partial charge >= 0.3 is 0 Å². The van der Waals surface area contributed by atoms with Crippen molar-refractivity contribution in [1.82, 2.24) is 0 Å². The fourth-order valence-corrected chi connectivity index (χ4v) is 15.2. The lowest BCUT2D eigenvalue weighted by Gasteiger charge is -2.58. The van der Waals surface area contributed by atoms with Gasteiger partial charge < -0.3 is 9.22 Å². The van der Waals surface area contributed by atoms with Crippen molar-refractivity contribution >= 4 is 25.0 Å². The summed E-state index contributed by atoms with van der Waals surface area (Å²) >= 11 is 0. The van der Waals surface area contributed by atoms with Crippen molar-refractivity contribution in [2.75, 3.05) is 0 Å². The maximum atomic E-state index is 11.8. The van der Waals surface area contributed by atoms with Crippen molar-refractivity contribution in [1.29, 1.82) is 0 Å². The molecule has 0 spiro atoms. The summed E-state index contributed by atoms with van der Waals surface area (Å²) in [5, 5.41) is 2.80. The summed E-state index contributed by atoms with van der Waals surface area (Å²) in [6.45, 7) is 14.5. The highest BCUT2D eigenvalue weighted by Gasteiger charge is 2.59. The van der Waals surface area contributed by atoms with Gasteiger partial charge in [-0.1, -0.05) is 114 Å². The van der Waals surface area contributed by atoms with Gasteiger partial charge in [0.05, 0.1) is 0 Å². The molecule has 8 atom stereocenters. The van der Waals surface area contributed by atoms with Gasteiger partial charge in [-0.25, -0.2) is 0 Å². The molecule has 0 unspecified atom stereocenters. The van der Waals surface area contributed by atoms with Crippen molar-refractivity contribution in [2.45, 2.75) is 104 Å². The number of rotatable bonds is 6. The number of carbonyl (C=O) groups excluding carboxylic acids is 1. The fourth-order valence-electron chi connectivity index (χ4n) is 10.5. The molecule has 3 fully saturated rings. The molecule has 0 saturated heterocycles. The first-order valence-corrected chi connectivity index (χ1v) is 18.4. The van der Waals surface area contributed by atoms with Crippen LogP contribution < -0.4 is 10.4 Å². The first kappa shape index (κ1) is 29.1. The van der Waals surface area contributed by atoms with Crippen LogP contribution >= 0.6 is 0 Å². The van der Waals surface area contributed by atoms with Gasteiger partial charge in [0.15, 0.2) is 0 Å². The van der Waals surface area contributed by atoms with Crippen LogP contribution in [0.5, 0.6) is 0 Å². The van der Waals surface area contributed by atoms with Crippen molar-refractivity contribution in [3.8, 4) is 0 Å². The molecule has 3 saturated carbocycles. The molecule has 2 aromatic rings. The number of aldehydes is 1. The number of benzene rings is 2. The average molecular weight is 569 g/mol. The minimum Gasteiger partial charge on any atom is -0.404 e. The molecule has 0 aliphatic heterocycles. The van der Waals surface area contributed by atoms with Gasteiger partial charge in [-0.2, -0.15) is 0 Å². The maximum absolute atomic E-state index is 11.8. The van der Waals surface area contributed by atoms with E-state index in [0.717, 1.165) is 6.42 Å². The Bertz CT molecular complexity index is 1220. The second kappa shape index (κ2) is 10.6. The molecule has 0 N–H and O–H groups in total. The number of hydrogen-bond acceptors (Lipinski definition) is 2. The third kappa shape index (κ3) is 4.56. The van der Waals surface area contributed by atoms with Gasteiger partial charge in [-0.3, -0.25) is 0 Å². The largest absolute Gasteiger partial charge is 0.404 e. The lowest BCUT2D eigenvalue weighted by Crippen LogP contribution is -2.68. The number of carbonyl (C=O) groups is 1. The second-order valence-corrected chi connectivity index (χ2v) is 19.9. The van der Waals surface area contributed by atoms with E-state index < -0.39 is 8.32 Å². The van der Waals surface area contributed by atoms with E-state index in [1.807, 2.05) is 0 Å². The summed E-state index contributed by atoms with van der Waals surface area (Å²) in [5.41, 5.74) is 2.45. The molecule has 0 heterocycles. The highest BCUT2D eigenvalue weighted by atomic mass is 28.4. The molecule has 6 rings (SSSR count). The fraction of sp³-hybridized carbons (Fsp3) is 0.605. The third-order valence-electron chi connectivity index (χ3n) is 12.7. The van der Waals surface area contributed by atoms with Gasteiger partial charge in [-0.05, 0) is 101 Å². The van der Waals surface area contributed by atoms with Gasteiger partial charge in [0.1, 0.15) is 6.29 Å². The third-order valence-corrected chi connectivity index (χ3v) is 17.8. The Kier molecular flexibility index (Phi) is 7.55. The number of hydrogen-bond donors (Lipinski definition) is 0. The summed E-state index contributed by atoms with van der Waals surface area (Å²) in [7, 11) is -2.55. The van der Waals surface area contributed by atoms with Crippen LogP contribution in [0.2, 0.25) is 5.04 Å². The molecule has 4 aliphatic carbocycles. The van der Waals surface area contributed by atoms with E-state index in [-0.39, 0.29) is 11.0 Å². The predicted molar refractivity (Wildman–Crippen MR) is 173 cm³/mol. The van der Waals surface area contributed by atoms with Crippen LogP contribution in [0.1, 0.15) is 92.9 Å². The zero-order valence-corrected chi connectivity index (χ0v) is 27.4. The Balaban J connectivity index is 1.29.